The predicted octanol–water partition coefficient (Wildman–Crippen LogP) is 3.93. The number of halogens is 1. The van der Waals surface area contributed by atoms with Crippen LogP contribution in [0, 0.1) is 5.82 Å². The van der Waals surface area contributed by atoms with E-state index in [1.165, 1.54) is 18.2 Å². The minimum Gasteiger partial charge on any atom is -0.457 e. The third-order valence-corrected chi connectivity index (χ3v) is 5.41. The molecule has 1 saturated heterocycles. The summed E-state index contributed by atoms with van der Waals surface area (Å²) in [6.45, 7) is 4.71. The number of carbonyl (C=O) groups excluding carboxylic acids is 2. The van der Waals surface area contributed by atoms with Crippen molar-refractivity contribution in [2.45, 2.75) is 18.9 Å². The van der Waals surface area contributed by atoms with E-state index in [1.807, 2.05) is 0 Å². The average Bonchev–Trinajstić information content (AvgIpc) is 3.25. The minimum absolute atomic E-state index is 0.0601. The first-order valence-corrected chi connectivity index (χ1v) is 10.3. The molecule has 0 bridgehead atoms. The van der Waals surface area contributed by atoms with Crippen LogP contribution in [0.25, 0.3) is 11.3 Å². The molecule has 0 unspecified atom stereocenters. The third kappa shape index (κ3) is 4.54. The van der Waals surface area contributed by atoms with E-state index in [2.05, 4.69) is 11.7 Å². The number of amides is 2. The molecule has 2 N–H and O–H groups in total. The molecule has 1 aliphatic heterocycles. The maximum atomic E-state index is 13.4. The van der Waals surface area contributed by atoms with Gasteiger partial charge >= 0.3 is 0 Å². The standard InChI is InChI=1S/C24H23FN4O3/c1-2-22(30)28-12-4-6-18(14-28)29-15-21(24(26)31)23(27-29)16-8-10-19(11-9-16)32-20-7-3-5-17(25)13-20/h2-3,5,7-11,13,15,18H,1,4,6,12,14H2,(H2,26,31)/t18-/m1/s1. The lowest BCUT2D eigenvalue weighted by Crippen LogP contribution is -2.40. The lowest BCUT2D eigenvalue weighted by atomic mass is 10.1. The van der Waals surface area contributed by atoms with Crippen LogP contribution in [-0.2, 0) is 4.79 Å². The van der Waals surface area contributed by atoms with Gasteiger partial charge in [0.25, 0.3) is 5.91 Å². The first kappa shape index (κ1) is 21.3. The Balaban J connectivity index is 1.58. The van der Waals surface area contributed by atoms with Gasteiger partial charge in [0.05, 0.1) is 11.6 Å². The zero-order valence-electron chi connectivity index (χ0n) is 17.4. The maximum Gasteiger partial charge on any atom is 0.252 e. The molecule has 1 aromatic heterocycles. The smallest absolute Gasteiger partial charge is 0.252 e. The van der Waals surface area contributed by atoms with Gasteiger partial charge in [-0.15, -0.1) is 0 Å². The van der Waals surface area contributed by atoms with Crippen molar-refractivity contribution in [3.63, 3.8) is 0 Å². The van der Waals surface area contributed by atoms with E-state index in [9.17, 15) is 14.0 Å². The Hall–Kier alpha value is -3.94. The molecule has 164 valence electrons. The van der Waals surface area contributed by atoms with E-state index in [0.29, 0.717) is 41.4 Å². The lowest BCUT2D eigenvalue weighted by molar-refractivity contribution is -0.127. The van der Waals surface area contributed by atoms with Crippen LogP contribution in [0.15, 0.2) is 67.4 Å². The van der Waals surface area contributed by atoms with Crippen LogP contribution in [-0.4, -0.2) is 39.6 Å². The van der Waals surface area contributed by atoms with Gasteiger partial charge in [-0.05, 0) is 55.3 Å². The highest BCUT2D eigenvalue weighted by Crippen LogP contribution is 2.29. The molecule has 1 fully saturated rings. The molecule has 2 amide bonds. The number of ether oxygens (including phenoxy) is 1. The molecular formula is C24H23FN4O3. The number of hydrogen-bond acceptors (Lipinski definition) is 4. The van der Waals surface area contributed by atoms with E-state index < -0.39 is 5.91 Å². The number of nitrogens with zero attached hydrogens (tertiary/aromatic N) is 3. The highest BCUT2D eigenvalue weighted by Gasteiger charge is 2.26. The van der Waals surface area contributed by atoms with Gasteiger partial charge < -0.3 is 15.4 Å². The van der Waals surface area contributed by atoms with Crippen LogP contribution < -0.4 is 10.5 Å². The van der Waals surface area contributed by atoms with Crippen LogP contribution in [0.2, 0.25) is 0 Å². The second-order valence-corrected chi connectivity index (χ2v) is 7.60. The largest absolute Gasteiger partial charge is 0.457 e. The van der Waals surface area contributed by atoms with Gasteiger partial charge in [-0.3, -0.25) is 14.3 Å². The molecule has 0 radical (unpaired) electrons. The van der Waals surface area contributed by atoms with Crippen LogP contribution in [0.1, 0.15) is 29.2 Å². The Labute approximate surface area is 184 Å². The van der Waals surface area contributed by atoms with Crippen molar-refractivity contribution in [3.8, 4) is 22.8 Å². The summed E-state index contributed by atoms with van der Waals surface area (Å²) in [5, 5.41) is 4.63. The topological polar surface area (TPSA) is 90.5 Å². The molecular weight excluding hydrogens is 411 g/mol. The van der Waals surface area contributed by atoms with Crippen LogP contribution in [0.4, 0.5) is 4.39 Å². The van der Waals surface area contributed by atoms with Gasteiger partial charge in [0, 0.05) is 30.9 Å². The van der Waals surface area contributed by atoms with Gasteiger partial charge in [-0.1, -0.05) is 12.6 Å². The number of carbonyl (C=O) groups is 2. The monoisotopic (exact) mass is 434 g/mol. The molecule has 32 heavy (non-hydrogen) atoms. The Morgan fingerprint density at radius 3 is 2.66 bits per heavy atom. The summed E-state index contributed by atoms with van der Waals surface area (Å²) in [6, 6.07) is 12.8. The molecule has 7 nitrogen and oxygen atoms in total. The van der Waals surface area contributed by atoms with Crippen molar-refractivity contribution in [2.24, 2.45) is 5.73 Å². The second kappa shape index (κ2) is 9.05. The van der Waals surface area contributed by atoms with Gasteiger partial charge in [0.1, 0.15) is 23.0 Å². The number of nitrogens with two attached hydrogens (primary N) is 1. The SMILES string of the molecule is C=CC(=O)N1CCC[C@@H](n2cc(C(N)=O)c(-c3ccc(Oc4cccc(F)c4)cc3)n2)C1. The van der Waals surface area contributed by atoms with Gasteiger partial charge in [-0.2, -0.15) is 5.10 Å². The quantitative estimate of drug-likeness (QED) is 0.595. The number of rotatable bonds is 6. The van der Waals surface area contributed by atoms with Gasteiger partial charge in [0.15, 0.2) is 0 Å². The van der Waals surface area contributed by atoms with Crippen LogP contribution >= 0.6 is 0 Å². The summed E-state index contributed by atoms with van der Waals surface area (Å²) in [6.07, 6.45) is 4.61. The summed E-state index contributed by atoms with van der Waals surface area (Å²) < 4.78 is 20.7. The molecule has 0 spiro atoms. The van der Waals surface area contributed by atoms with Gasteiger partial charge in [0.2, 0.25) is 5.91 Å². The first-order valence-electron chi connectivity index (χ1n) is 10.3. The first-order chi connectivity index (χ1) is 15.4. The summed E-state index contributed by atoms with van der Waals surface area (Å²) in [5.74, 6) is -0.180. The summed E-state index contributed by atoms with van der Waals surface area (Å²) in [4.78, 5) is 25.8. The van der Waals surface area contributed by atoms with E-state index in [0.717, 1.165) is 12.8 Å². The van der Waals surface area contributed by atoms with Gasteiger partial charge in [-0.25, -0.2) is 4.39 Å². The van der Waals surface area contributed by atoms with Crippen molar-refractivity contribution < 1.29 is 18.7 Å². The van der Waals surface area contributed by atoms with E-state index in [4.69, 9.17) is 10.5 Å². The molecule has 1 atom stereocenters. The Morgan fingerprint density at radius 1 is 1.19 bits per heavy atom. The Bertz CT molecular complexity index is 1160. The molecule has 0 aliphatic carbocycles. The number of benzene rings is 2. The number of likely N-dealkylation sites (tertiary alicyclic amines) is 1. The van der Waals surface area contributed by atoms with Crippen molar-refractivity contribution in [1.82, 2.24) is 14.7 Å². The van der Waals surface area contributed by atoms with Crippen LogP contribution in [0.3, 0.4) is 0 Å². The molecule has 2 heterocycles. The molecule has 0 saturated carbocycles. The summed E-state index contributed by atoms with van der Waals surface area (Å²) >= 11 is 0. The van der Waals surface area contributed by atoms with E-state index in [1.54, 1.807) is 52.2 Å². The second-order valence-electron chi connectivity index (χ2n) is 7.60. The Kier molecular flexibility index (Phi) is 6.02. The molecule has 4 rings (SSSR count). The maximum absolute atomic E-state index is 13.4. The van der Waals surface area contributed by atoms with Crippen molar-refractivity contribution in [1.29, 1.82) is 0 Å². The van der Waals surface area contributed by atoms with Crippen molar-refractivity contribution in [2.75, 3.05) is 13.1 Å². The normalized spacial score (nSPS) is 15.9. The fraction of sp³-hybridized carbons (Fsp3) is 0.208. The van der Waals surface area contributed by atoms with E-state index >= 15 is 0 Å². The molecule has 2 aromatic carbocycles. The highest BCUT2D eigenvalue weighted by molar-refractivity contribution is 5.98. The van der Waals surface area contributed by atoms with Crippen molar-refractivity contribution >= 4 is 11.8 Å². The fourth-order valence-corrected chi connectivity index (χ4v) is 3.82. The fourth-order valence-electron chi connectivity index (χ4n) is 3.82. The summed E-state index contributed by atoms with van der Waals surface area (Å²) in [7, 11) is 0. The Morgan fingerprint density at radius 2 is 1.97 bits per heavy atom. The minimum atomic E-state index is -0.582. The third-order valence-electron chi connectivity index (χ3n) is 5.41. The molecule has 3 aromatic rings. The number of hydrogen-bond donors (Lipinski definition) is 1. The summed E-state index contributed by atoms with van der Waals surface area (Å²) in [5.41, 5.74) is 7.06. The predicted molar refractivity (Wildman–Crippen MR) is 118 cm³/mol. The number of piperidine rings is 1. The molecule has 1 aliphatic rings. The van der Waals surface area contributed by atoms with Crippen molar-refractivity contribution in [3.05, 3.63) is 78.8 Å². The van der Waals surface area contributed by atoms with Crippen LogP contribution in [0.5, 0.6) is 11.5 Å². The average molecular weight is 434 g/mol. The zero-order chi connectivity index (χ0) is 22.7. The zero-order valence-corrected chi connectivity index (χ0v) is 17.4. The molecule has 8 heteroatoms. The number of primary amides is 1. The van der Waals surface area contributed by atoms with E-state index in [-0.39, 0.29) is 17.8 Å². The number of aromatic nitrogens is 2. The highest BCUT2D eigenvalue weighted by atomic mass is 19.1. The lowest BCUT2D eigenvalue weighted by Gasteiger charge is -2.32.